The summed E-state index contributed by atoms with van der Waals surface area (Å²) in [6.45, 7) is 0.0658. The van der Waals surface area contributed by atoms with Gasteiger partial charge in [-0.2, -0.15) is 0 Å². The maximum atomic E-state index is 12.0. The first-order valence-corrected chi connectivity index (χ1v) is 6.17. The minimum Gasteiger partial charge on any atom is -0.480 e. The van der Waals surface area contributed by atoms with Gasteiger partial charge in [-0.05, 0) is 11.1 Å². The maximum absolute atomic E-state index is 12.0. The highest BCUT2D eigenvalue weighted by Gasteiger charge is 2.29. The molecule has 0 aliphatic heterocycles. The largest absolute Gasteiger partial charge is 0.480 e. The first-order chi connectivity index (χ1) is 9.68. The molecule has 1 N–H and O–H groups in total. The molecule has 4 heteroatoms. The minimum atomic E-state index is -1.29. The number of hydrogen-bond donors (Lipinski definition) is 1. The fourth-order valence-electron chi connectivity index (χ4n) is 1.84. The first kappa shape index (κ1) is 13.8. The summed E-state index contributed by atoms with van der Waals surface area (Å²) in [6, 6.07) is 17.5. The molecule has 1 atom stereocenters. The molecular weight excluding hydrogens is 256 g/mol. The monoisotopic (exact) mass is 270 g/mol. The number of rotatable bonds is 5. The van der Waals surface area contributed by atoms with Crippen molar-refractivity contribution in [3.8, 4) is 0 Å². The Kier molecular flexibility index (Phi) is 4.50. The van der Waals surface area contributed by atoms with Crippen LogP contribution in [0.4, 0.5) is 0 Å². The zero-order valence-electron chi connectivity index (χ0n) is 10.7. The van der Waals surface area contributed by atoms with Crippen LogP contribution >= 0.6 is 0 Å². The van der Waals surface area contributed by atoms with Gasteiger partial charge in [-0.25, -0.2) is 0 Å². The van der Waals surface area contributed by atoms with Crippen LogP contribution in [-0.4, -0.2) is 17.0 Å². The summed E-state index contributed by atoms with van der Waals surface area (Å²) in [7, 11) is 0. The molecule has 0 unspecified atom stereocenters. The van der Waals surface area contributed by atoms with E-state index in [2.05, 4.69) is 0 Å². The van der Waals surface area contributed by atoms with Gasteiger partial charge < -0.3 is 9.84 Å². The number of carbonyl (C=O) groups excluding carboxylic acids is 1. The predicted octanol–water partition coefficient (Wildman–Crippen LogP) is 2.60. The number of carboxylic acid groups (broad SMARTS) is 1. The highest BCUT2D eigenvalue weighted by atomic mass is 16.5. The number of carboxylic acids is 1. The van der Waals surface area contributed by atoms with Crippen LogP contribution in [0.2, 0.25) is 0 Å². The first-order valence-electron chi connectivity index (χ1n) is 6.17. The molecule has 0 fully saturated rings. The van der Waals surface area contributed by atoms with Crippen molar-refractivity contribution < 1.29 is 19.4 Å². The minimum absolute atomic E-state index is 0.0658. The molecule has 0 radical (unpaired) electrons. The van der Waals surface area contributed by atoms with Crippen molar-refractivity contribution in [2.24, 2.45) is 0 Å². The Bertz CT molecular complexity index is 578. The molecule has 2 aromatic carbocycles. The highest BCUT2D eigenvalue weighted by molar-refractivity contribution is 5.99. The second-order valence-corrected chi connectivity index (χ2v) is 4.28. The Balaban J connectivity index is 2.07. The Hall–Kier alpha value is -2.62. The van der Waals surface area contributed by atoms with Crippen LogP contribution < -0.4 is 0 Å². The van der Waals surface area contributed by atoms with Crippen molar-refractivity contribution >= 4 is 11.9 Å². The van der Waals surface area contributed by atoms with E-state index >= 15 is 0 Å². The number of esters is 1. The number of aliphatic carboxylic acids is 1. The van der Waals surface area contributed by atoms with Gasteiger partial charge in [-0.15, -0.1) is 0 Å². The standard InChI is InChI=1S/C16H14O4/c17-15(18)14(13-9-5-2-6-10-13)16(19)20-11-12-7-3-1-4-8-12/h1-10,14H,11H2,(H,17,18)/t14-/m1/s1. The molecule has 0 amide bonds. The van der Waals surface area contributed by atoms with E-state index in [4.69, 9.17) is 4.74 Å². The van der Waals surface area contributed by atoms with Crippen LogP contribution in [0.1, 0.15) is 17.0 Å². The van der Waals surface area contributed by atoms with Crippen LogP contribution in [0.15, 0.2) is 60.7 Å². The molecule has 0 aliphatic rings. The molecule has 0 spiro atoms. The summed E-state index contributed by atoms with van der Waals surface area (Å²) in [4.78, 5) is 23.2. The van der Waals surface area contributed by atoms with Crippen LogP contribution in [0.5, 0.6) is 0 Å². The maximum Gasteiger partial charge on any atom is 0.325 e. The van der Waals surface area contributed by atoms with Gasteiger partial charge in [0, 0.05) is 0 Å². The smallest absolute Gasteiger partial charge is 0.325 e. The summed E-state index contributed by atoms with van der Waals surface area (Å²) < 4.78 is 5.09. The molecule has 0 aliphatic carbocycles. The van der Waals surface area contributed by atoms with Crippen LogP contribution in [0.25, 0.3) is 0 Å². The molecule has 0 aromatic heterocycles. The van der Waals surface area contributed by atoms with E-state index in [9.17, 15) is 14.7 Å². The number of hydrogen-bond acceptors (Lipinski definition) is 3. The van der Waals surface area contributed by atoms with E-state index in [1.165, 1.54) is 0 Å². The molecule has 2 aromatic rings. The lowest BCUT2D eigenvalue weighted by Crippen LogP contribution is -2.23. The molecule has 0 bridgehead atoms. The van der Waals surface area contributed by atoms with E-state index < -0.39 is 17.9 Å². The molecule has 0 heterocycles. The normalized spacial score (nSPS) is 11.6. The molecule has 0 saturated carbocycles. The molecule has 2 rings (SSSR count). The van der Waals surface area contributed by atoms with Crippen molar-refractivity contribution in [3.05, 3.63) is 71.8 Å². The summed E-state index contributed by atoms with van der Waals surface area (Å²) in [6.07, 6.45) is 0. The van der Waals surface area contributed by atoms with Crippen molar-refractivity contribution in [2.75, 3.05) is 0 Å². The third-order valence-electron chi connectivity index (χ3n) is 2.84. The molecular formula is C16H14O4. The summed E-state index contributed by atoms with van der Waals surface area (Å²) >= 11 is 0. The number of ether oxygens (including phenoxy) is 1. The van der Waals surface area contributed by atoms with Crippen LogP contribution in [-0.2, 0) is 20.9 Å². The van der Waals surface area contributed by atoms with Crippen LogP contribution in [0, 0.1) is 0 Å². The van der Waals surface area contributed by atoms with Gasteiger partial charge in [0.2, 0.25) is 0 Å². The van der Waals surface area contributed by atoms with E-state index in [0.29, 0.717) is 5.56 Å². The molecule has 4 nitrogen and oxygen atoms in total. The number of benzene rings is 2. The average molecular weight is 270 g/mol. The van der Waals surface area contributed by atoms with Gasteiger partial charge in [0.25, 0.3) is 0 Å². The lowest BCUT2D eigenvalue weighted by molar-refractivity contribution is -0.155. The second-order valence-electron chi connectivity index (χ2n) is 4.28. The van der Waals surface area contributed by atoms with Gasteiger partial charge in [0.15, 0.2) is 5.92 Å². The molecule has 102 valence electrons. The Morgan fingerprint density at radius 1 is 0.950 bits per heavy atom. The summed E-state index contributed by atoms with van der Waals surface area (Å²) in [5.41, 5.74) is 1.23. The van der Waals surface area contributed by atoms with Crippen LogP contribution in [0.3, 0.4) is 0 Å². The van der Waals surface area contributed by atoms with E-state index in [1.54, 1.807) is 30.3 Å². The van der Waals surface area contributed by atoms with E-state index in [-0.39, 0.29) is 6.61 Å². The zero-order chi connectivity index (χ0) is 14.4. The van der Waals surface area contributed by atoms with Crippen molar-refractivity contribution in [1.29, 1.82) is 0 Å². The average Bonchev–Trinajstić information content (AvgIpc) is 2.47. The Morgan fingerprint density at radius 2 is 1.50 bits per heavy atom. The van der Waals surface area contributed by atoms with Crippen molar-refractivity contribution in [3.63, 3.8) is 0 Å². The molecule has 20 heavy (non-hydrogen) atoms. The van der Waals surface area contributed by atoms with E-state index in [0.717, 1.165) is 5.56 Å². The molecule has 0 saturated heterocycles. The number of carbonyl (C=O) groups is 2. The third kappa shape index (κ3) is 3.45. The lowest BCUT2D eigenvalue weighted by atomic mass is 10.00. The zero-order valence-corrected chi connectivity index (χ0v) is 10.7. The summed E-state index contributed by atoms with van der Waals surface area (Å²) in [5.74, 6) is -3.26. The third-order valence-corrected chi connectivity index (χ3v) is 2.84. The SMILES string of the molecule is O=C(O)[C@H](C(=O)OCc1ccccc1)c1ccccc1. The Labute approximate surface area is 116 Å². The van der Waals surface area contributed by atoms with Gasteiger partial charge in [0.1, 0.15) is 6.61 Å². The lowest BCUT2D eigenvalue weighted by Gasteiger charge is -2.12. The second kappa shape index (κ2) is 6.52. The highest BCUT2D eigenvalue weighted by Crippen LogP contribution is 2.18. The predicted molar refractivity (Wildman–Crippen MR) is 73.1 cm³/mol. The quantitative estimate of drug-likeness (QED) is 0.670. The van der Waals surface area contributed by atoms with Gasteiger partial charge in [0.05, 0.1) is 0 Å². The summed E-state index contributed by atoms with van der Waals surface area (Å²) in [5, 5.41) is 9.19. The van der Waals surface area contributed by atoms with E-state index in [1.807, 2.05) is 30.3 Å². The van der Waals surface area contributed by atoms with Crippen molar-refractivity contribution in [1.82, 2.24) is 0 Å². The van der Waals surface area contributed by atoms with Gasteiger partial charge in [-0.1, -0.05) is 60.7 Å². The van der Waals surface area contributed by atoms with Crippen molar-refractivity contribution in [2.45, 2.75) is 12.5 Å². The van der Waals surface area contributed by atoms with Gasteiger partial charge >= 0.3 is 11.9 Å². The topological polar surface area (TPSA) is 63.6 Å². The Morgan fingerprint density at radius 3 is 2.05 bits per heavy atom. The fourth-order valence-corrected chi connectivity index (χ4v) is 1.84. The fraction of sp³-hybridized carbons (Fsp3) is 0.125. The van der Waals surface area contributed by atoms with Gasteiger partial charge in [-0.3, -0.25) is 9.59 Å².